The van der Waals surface area contributed by atoms with Crippen molar-refractivity contribution in [2.24, 2.45) is 0 Å². The maximum atomic E-state index is 14.1. The molecule has 0 unspecified atom stereocenters. The van der Waals surface area contributed by atoms with Crippen molar-refractivity contribution < 1.29 is 32.8 Å². The van der Waals surface area contributed by atoms with Crippen LogP contribution in [0.15, 0.2) is 91.3 Å². The molecule has 0 aliphatic carbocycles. The number of methoxy groups -OCH3 is 6. The van der Waals surface area contributed by atoms with Crippen LogP contribution in [0.25, 0.3) is 22.3 Å². The Morgan fingerprint density at radius 1 is 0.615 bits per heavy atom. The lowest BCUT2D eigenvalue weighted by Crippen LogP contribution is -2.44. The van der Waals surface area contributed by atoms with Gasteiger partial charge in [0.25, 0.3) is 0 Å². The average molecular weight is 708 g/mol. The van der Waals surface area contributed by atoms with Crippen molar-refractivity contribution in [1.82, 2.24) is 9.88 Å². The van der Waals surface area contributed by atoms with Crippen LogP contribution in [-0.2, 0) is 13.1 Å². The largest absolute Gasteiger partial charge is 0.493 e. The monoisotopic (exact) mass is 707 g/mol. The molecule has 6 rings (SSSR count). The molecule has 0 N–H and O–H groups in total. The van der Waals surface area contributed by atoms with Crippen molar-refractivity contribution in [2.45, 2.75) is 32.0 Å². The molecule has 0 amide bonds. The van der Waals surface area contributed by atoms with E-state index in [0.717, 1.165) is 71.5 Å². The Morgan fingerprint density at radius 3 is 1.69 bits per heavy atom. The van der Waals surface area contributed by atoms with Crippen molar-refractivity contribution in [3.63, 3.8) is 0 Å². The molecule has 0 bridgehead atoms. The van der Waals surface area contributed by atoms with E-state index in [9.17, 15) is 4.39 Å². The molecule has 2 heterocycles. The third-order valence-corrected chi connectivity index (χ3v) is 9.63. The van der Waals surface area contributed by atoms with Gasteiger partial charge in [0, 0.05) is 55.9 Å². The van der Waals surface area contributed by atoms with Crippen LogP contribution in [-0.4, -0.2) is 71.7 Å². The summed E-state index contributed by atoms with van der Waals surface area (Å²) in [4.78, 5) is 9.46. The molecule has 0 saturated carbocycles. The molecule has 272 valence electrons. The number of hydrogen-bond acceptors (Lipinski definition) is 9. The summed E-state index contributed by atoms with van der Waals surface area (Å²) < 4.78 is 47.5. The van der Waals surface area contributed by atoms with E-state index in [4.69, 9.17) is 28.4 Å². The lowest BCUT2D eigenvalue weighted by atomic mass is 9.98. The van der Waals surface area contributed by atoms with Gasteiger partial charge in [-0.1, -0.05) is 18.2 Å². The van der Waals surface area contributed by atoms with Gasteiger partial charge in [0.1, 0.15) is 5.82 Å². The van der Waals surface area contributed by atoms with Crippen LogP contribution >= 0.6 is 0 Å². The summed E-state index contributed by atoms with van der Waals surface area (Å²) >= 11 is 0. The van der Waals surface area contributed by atoms with E-state index in [1.165, 1.54) is 12.1 Å². The molecule has 1 fully saturated rings. The molecule has 0 spiro atoms. The van der Waals surface area contributed by atoms with Gasteiger partial charge >= 0.3 is 0 Å². The topological polar surface area (TPSA) is 74.8 Å². The van der Waals surface area contributed by atoms with Crippen LogP contribution in [0, 0.1) is 5.82 Å². The summed E-state index contributed by atoms with van der Waals surface area (Å²) in [7, 11) is 9.67. The van der Waals surface area contributed by atoms with E-state index in [0.29, 0.717) is 41.0 Å². The number of piperidine rings is 1. The number of benzene rings is 4. The minimum atomic E-state index is -0.245. The number of halogens is 1. The third kappa shape index (κ3) is 8.02. The van der Waals surface area contributed by atoms with Crippen molar-refractivity contribution in [1.29, 1.82) is 0 Å². The van der Waals surface area contributed by atoms with Gasteiger partial charge in [-0.05, 0) is 101 Å². The summed E-state index contributed by atoms with van der Waals surface area (Å²) in [5.41, 5.74) is 7.18. The first-order chi connectivity index (χ1) is 25.4. The summed E-state index contributed by atoms with van der Waals surface area (Å²) in [5, 5.41) is 0. The van der Waals surface area contributed by atoms with Crippen LogP contribution < -0.4 is 33.3 Å². The molecule has 1 aliphatic rings. The molecule has 10 heteroatoms. The van der Waals surface area contributed by atoms with Crippen molar-refractivity contribution in [3.05, 3.63) is 108 Å². The van der Waals surface area contributed by atoms with Crippen LogP contribution in [0.2, 0.25) is 0 Å². The van der Waals surface area contributed by atoms with E-state index in [-0.39, 0.29) is 11.9 Å². The lowest BCUT2D eigenvalue weighted by molar-refractivity contribution is 0.200. The fraction of sp³-hybridized carbons (Fsp3) is 0.310. The maximum Gasteiger partial charge on any atom is 0.203 e. The Labute approximate surface area is 305 Å². The number of nitrogens with zero attached hydrogens (tertiary/aromatic N) is 3. The Balaban J connectivity index is 1.19. The van der Waals surface area contributed by atoms with Gasteiger partial charge in [-0.15, -0.1) is 0 Å². The number of hydrogen-bond donors (Lipinski definition) is 0. The fourth-order valence-electron chi connectivity index (χ4n) is 6.98. The number of aromatic nitrogens is 1. The van der Waals surface area contributed by atoms with Gasteiger partial charge in [0.2, 0.25) is 11.5 Å². The minimum absolute atomic E-state index is 0.245. The van der Waals surface area contributed by atoms with Gasteiger partial charge in [-0.2, -0.15) is 0 Å². The number of likely N-dealkylation sites (tertiary alicyclic amines) is 1. The van der Waals surface area contributed by atoms with Crippen LogP contribution in [0.3, 0.4) is 0 Å². The molecule has 4 aromatic carbocycles. The lowest BCUT2D eigenvalue weighted by Gasteiger charge is -2.40. The summed E-state index contributed by atoms with van der Waals surface area (Å²) in [6.07, 6.45) is 5.71. The average Bonchev–Trinajstić information content (AvgIpc) is 3.19. The van der Waals surface area contributed by atoms with Gasteiger partial charge in [-0.25, -0.2) is 4.39 Å². The molecule has 1 aliphatic heterocycles. The fourth-order valence-corrected chi connectivity index (χ4v) is 6.98. The van der Waals surface area contributed by atoms with Crippen molar-refractivity contribution >= 4 is 5.69 Å². The van der Waals surface area contributed by atoms with E-state index in [1.54, 1.807) is 42.7 Å². The quantitative estimate of drug-likeness (QED) is 0.113. The Hall–Kier alpha value is -5.48. The highest BCUT2D eigenvalue weighted by Gasteiger charge is 2.26. The second kappa shape index (κ2) is 16.7. The first-order valence-corrected chi connectivity index (χ1v) is 17.3. The van der Waals surface area contributed by atoms with E-state index in [2.05, 4.69) is 45.1 Å². The van der Waals surface area contributed by atoms with Crippen molar-refractivity contribution in [2.75, 3.05) is 60.6 Å². The molecule has 5 aromatic rings. The number of pyridine rings is 1. The number of rotatable bonds is 14. The zero-order valence-corrected chi connectivity index (χ0v) is 30.6. The summed E-state index contributed by atoms with van der Waals surface area (Å²) in [5.74, 6) is 3.27. The van der Waals surface area contributed by atoms with E-state index < -0.39 is 0 Å². The van der Waals surface area contributed by atoms with Crippen LogP contribution in [0.4, 0.5) is 10.1 Å². The highest BCUT2D eigenvalue weighted by molar-refractivity contribution is 5.72. The predicted octanol–water partition coefficient (Wildman–Crippen LogP) is 8.28. The van der Waals surface area contributed by atoms with E-state index in [1.807, 2.05) is 48.8 Å². The molecule has 9 nitrogen and oxygen atoms in total. The first kappa shape index (κ1) is 36.3. The molecule has 1 aromatic heterocycles. The van der Waals surface area contributed by atoms with Crippen LogP contribution in [0.1, 0.15) is 24.0 Å². The standard InChI is InChI=1S/C42H46FN3O6/c1-47-37-20-31(21-38(48-2)41(37)51-5)30-9-7-8-28(18-30)27-46(35-12-10-34(43)11-13-35)36-14-16-45(17-15-36)26-29-19-33(25-44-24-29)32-22-39(49-3)42(52-6)40(23-32)50-4/h7-13,18-25,36H,14-17,26-27H2,1-6H3. The van der Waals surface area contributed by atoms with E-state index >= 15 is 0 Å². The SMILES string of the molecule is COc1cc(-c2cncc(CN3CCC(N(Cc4cccc(-c5cc(OC)c(OC)c(OC)c5)c4)c4ccc(F)cc4)CC3)c2)cc(OC)c1OC. The molecular weight excluding hydrogens is 661 g/mol. The highest BCUT2D eigenvalue weighted by atomic mass is 19.1. The predicted molar refractivity (Wildman–Crippen MR) is 202 cm³/mol. The zero-order valence-electron chi connectivity index (χ0n) is 30.6. The summed E-state index contributed by atoms with van der Waals surface area (Å²) in [6, 6.07) is 25.6. The van der Waals surface area contributed by atoms with Gasteiger partial charge in [0.05, 0.1) is 42.7 Å². The number of ether oxygens (including phenoxy) is 6. The molecular formula is C42H46FN3O6. The summed E-state index contributed by atoms with van der Waals surface area (Å²) in [6.45, 7) is 3.30. The Morgan fingerprint density at radius 2 is 1.15 bits per heavy atom. The Bertz CT molecular complexity index is 1910. The zero-order chi connectivity index (χ0) is 36.6. The molecule has 52 heavy (non-hydrogen) atoms. The first-order valence-electron chi connectivity index (χ1n) is 17.3. The second-order valence-electron chi connectivity index (χ2n) is 12.7. The van der Waals surface area contributed by atoms with Gasteiger partial charge < -0.3 is 33.3 Å². The Kier molecular flexibility index (Phi) is 11.7. The molecule has 0 radical (unpaired) electrons. The molecule has 0 atom stereocenters. The normalized spacial score (nSPS) is 13.4. The minimum Gasteiger partial charge on any atom is -0.493 e. The van der Waals surface area contributed by atoms with Crippen molar-refractivity contribution in [3.8, 4) is 56.8 Å². The third-order valence-electron chi connectivity index (χ3n) is 9.63. The second-order valence-corrected chi connectivity index (χ2v) is 12.7. The maximum absolute atomic E-state index is 14.1. The number of anilines is 1. The molecule has 1 saturated heterocycles. The highest BCUT2D eigenvalue weighted by Crippen LogP contribution is 2.42. The van der Waals surface area contributed by atoms with Gasteiger partial charge in [0.15, 0.2) is 23.0 Å². The van der Waals surface area contributed by atoms with Gasteiger partial charge in [-0.3, -0.25) is 9.88 Å². The smallest absolute Gasteiger partial charge is 0.203 e. The van der Waals surface area contributed by atoms with Crippen LogP contribution in [0.5, 0.6) is 34.5 Å².